The number of benzene rings is 2. The van der Waals surface area contributed by atoms with Gasteiger partial charge in [-0.1, -0.05) is 107 Å². The second-order valence-electron chi connectivity index (χ2n) is 17.4. The van der Waals surface area contributed by atoms with Crippen molar-refractivity contribution in [2.45, 2.75) is 144 Å². The SMILES string of the molecule is CC(C)(C)c1cc(CCC(=O)OCC(C)(COC(=O)CCc2cc(C(C)(C)C)c(O)c(C(C)(C)C)c2)C(O)O)cc(C(C)(C)C)c1O. The maximum Gasteiger partial charge on any atom is 0.306 e. The van der Waals surface area contributed by atoms with Crippen LogP contribution in [0.2, 0.25) is 0 Å². The van der Waals surface area contributed by atoms with Crippen molar-refractivity contribution in [3.05, 3.63) is 57.6 Å². The minimum Gasteiger partial charge on any atom is -0.507 e. The molecule has 0 heterocycles. The number of aromatic hydroxyl groups is 2. The highest BCUT2D eigenvalue weighted by atomic mass is 16.6. The van der Waals surface area contributed by atoms with E-state index in [2.05, 4.69) is 0 Å². The van der Waals surface area contributed by atoms with Crippen LogP contribution in [0.15, 0.2) is 24.3 Å². The molecule has 264 valence electrons. The van der Waals surface area contributed by atoms with Crippen LogP contribution in [-0.4, -0.2) is 51.9 Å². The molecule has 0 radical (unpaired) electrons. The van der Waals surface area contributed by atoms with Crippen LogP contribution >= 0.6 is 0 Å². The predicted molar refractivity (Wildman–Crippen MR) is 186 cm³/mol. The van der Waals surface area contributed by atoms with Gasteiger partial charge in [-0.05, 0) is 74.8 Å². The number of rotatable bonds is 11. The summed E-state index contributed by atoms with van der Waals surface area (Å²) in [6.07, 6.45) is -1.04. The van der Waals surface area contributed by atoms with E-state index in [1.807, 2.05) is 107 Å². The number of ether oxygens (including phenoxy) is 2. The highest BCUT2D eigenvalue weighted by Crippen LogP contribution is 2.41. The van der Waals surface area contributed by atoms with Crippen molar-refractivity contribution in [3.63, 3.8) is 0 Å². The molecule has 0 fully saturated rings. The number of aliphatic hydroxyl groups excluding tert-OH is 1. The standard InChI is InChI=1S/C39H60O8/c1-35(2,3)26-18-24(19-27(32(26)42)36(4,5)6)14-16-30(40)46-22-39(13,34(44)45)23-47-31(41)17-15-25-20-28(37(7,8)9)33(43)29(21-25)38(10,11)12/h18-21,34,42-45H,14-17,22-23H2,1-13H3. The molecule has 0 aliphatic rings. The summed E-state index contributed by atoms with van der Waals surface area (Å²) in [6.45, 7) is 25.1. The van der Waals surface area contributed by atoms with Crippen molar-refractivity contribution in [3.8, 4) is 11.5 Å². The third kappa shape index (κ3) is 11.0. The van der Waals surface area contributed by atoms with Crippen molar-refractivity contribution >= 4 is 11.9 Å². The van der Waals surface area contributed by atoms with Gasteiger partial charge in [-0.25, -0.2) is 0 Å². The molecule has 0 bridgehead atoms. The molecular weight excluding hydrogens is 596 g/mol. The molecule has 0 atom stereocenters. The van der Waals surface area contributed by atoms with Crippen LogP contribution in [0.25, 0.3) is 0 Å². The van der Waals surface area contributed by atoms with Gasteiger partial charge in [0.1, 0.15) is 24.7 Å². The quantitative estimate of drug-likeness (QED) is 0.147. The Morgan fingerprint density at radius 1 is 0.553 bits per heavy atom. The Morgan fingerprint density at radius 2 is 0.809 bits per heavy atom. The van der Waals surface area contributed by atoms with Gasteiger partial charge >= 0.3 is 11.9 Å². The summed E-state index contributed by atoms with van der Waals surface area (Å²) in [5.74, 6) is -0.512. The van der Waals surface area contributed by atoms with Crippen molar-refractivity contribution in [1.82, 2.24) is 0 Å². The Labute approximate surface area is 282 Å². The normalized spacial score (nSPS) is 13.2. The first-order valence-electron chi connectivity index (χ1n) is 16.6. The molecule has 0 amide bonds. The summed E-state index contributed by atoms with van der Waals surface area (Å²) < 4.78 is 10.9. The van der Waals surface area contributed by atoms with E-state index in [9.17, 15) is 30.0 Å². The number of carbonyl (C=O) groups is 2. The number of hydrogen-bond donors (Lipinski definition) is 4. The maximum absolute atomic E-state index is 12.8. The molecule has 4 N–H and O–H groups in total. The van der Waals surface area contributed by atoms with Crippen LogP contribution in [0, 0.1) is 5.41 Å². The summed E-state index contributed by atoms with van der Waals surface area (Å²) in [5, 5.41) is 42.2. The van der Waals surface area contributed by atoms with Crippen LogP contribution in [0.3, 0.4) is 0 Å². The smallest absolute Gasteiger partial charge is 0.306 e. The Morgan fingerprint density at radius 3 is 1.02 bits per heavy atom. The van der Waals surface area contributed by atoms with E-state index >= 15 is 0 Å². The van der Waals surface area contributed by atoms with E-state index in [4.69, 9.17) is 9.47 Å². The average molecular weight is 657 g/mol. The summed E-state index contributed by atoms with van der Waals surface area (Å²) >= 11 is 0. The average Bonchev–Trinajstić information content (AvgIpc) is 2.91. The van der Waals surface area contributed by atoms with E-state index in [1.54, 1.807) is 0 Å². The van der Waals surface area contributed by atoms with Gasteiger partial charge in [-0.2, -0.15) is 0 Å². The van der Waals surface area contributed by atoms with Crippen LogP contribution < -0.4 is 0 Å². The van der Waals surface area contributed by atoms with Crippen LogP contribution in [0.1, 0.15) is 136 Å². The van der Waals surface area contributed by atoms with E-state index in [1.165, 1.54) is 6.92 Å². The highest BCUT2D eigenvalue weighted by molar-refractivity contribution is 5.70. The van der Waals surface area contributed by atoms with Gasteiger partial charge in [-0.3, -0.25) is 9.59 Å². The second-order valence-corrected chi connectivity index (χ2v) is 17.4. The van der Waals surface area contributed by atoms with E-state index in [0.29, 0.717) is 12.8 Å². The van der Waals surface area contributed by atoms with Crippen molar-refractivity contribution in [2.75, 3.05) is 13.2 Å². The van der Waals surface area contributed by atoms with Gasteiger partial charge in [0.15, 0.2) is 6.29 Å². The zero-order chi connectivity index (χ0) is 36.3. The lowest BCUT2D eigenvalue weighted by molar-refractivity contribution is -0.186. The zero-order valence-electron chi connectivity index (χ0n) is 31.1. The molecule has 0 unspecified atom stereocenters. The first-order valence-corrected chi connectivity index (χ1v) is 16.6. The minimum absolute atomic E-state index is 0.0507. The minimum atomic E-state index is -1.90. The first-order chi connectivity index (χ1) is 21.2. The fourth-order valence-electron chi connectivity index (χ4n) is 5.28. The summed E-state index contributed by atoms with van der Waals surface area (Å²) in [7, 11) is 0. The Balaban J connectivity index is 2.06. The molecule has 0 aliphatic carbocycles. The fourth-order valence-corrected chi connectivity index (χ4v) is 5.28. The summed E-state index contributed by atoms with van der Waals surface area (Å²) in [6, 6.07) is 7.69. The number of aryl methyl sites for hydroxylation is 2. The molecule has 0 aromatic heterocycles. The molecule has 2 rings (SSSR count). The van der Waals surface area contributed by atoms with Crippen LogP contribution in [-0.2, 0) is 53.6 Å². The molecule has 0 spiro atoms. The molecule has 8 nitrogen and oxygen atoms in total. The van der Waals surface area contributed by atoms with E-state index in [0.717, 1.165) is 33.4 Å². The topological polar surface area (TPSA) is 134 Å². The van der Waals surface area contributed by atoms with Gasteiger partial charge < -0.3 is 29.9 Å². The molecule has 0 aliphatic heterocycles. The lowest BCUT2D eigenvalue weighted by atomic mass is 9.78. The maximum atomic E-state index is 12.8. The van der Waals surface area contributed by atoms with Gasteiger partial charge in [0.05, 0.1) is 5.41 Å². The largest absolute Gasteiger partial charge is 0.507 e. The third-order valence-electron chi connectivity index (χ3n) is 8.56. The Kier molecular flexibility index (Phi) is 12.4. The molecule has 2 aromatic carbocycles. The second kappa shape index (κ2) is 14.6. The monoisotopic (exact) mass is 656 g/mol. The fraction of sp³-hybridized carbons (Fsp3) is 0.641. The van der Waals surface area contributed by atoms with Crippen molar-refractivity contribution in [2.24, 2.45) is 5.41 Å². The number of phenols is 2. The van der Waals surface area contributed by atoms with Gasteiger partial charge in [0.25, 0.3) is 0 Å². The summed E-state index contributed by atoms with van der Waals surface area (Å²) in [5.41, 5.74) is 2.39. The number of aliphatic hydroxyl groups is 2. The zero-order valence-corrected chi connectivity index (χ0v) is 31.1. The van der Waals surface area contributed by atoms with Gasteiger partial charge in [0.2, 0.25) is 0 Å². The molecular formula is C39H60O8. The van der Waals surface area contributed by atoms with Gasteiger partial charge in [-0.15, -0.1) is 0 Å². The van der Waals surface area contributed by atoms with E-state index < -0.39 is 23.6 Å². The molecule has 8 heteroatoms. The third-order valence-corrected chi connectivity index (χ3v) is 8.56. The van der Waals surface area contributed by atoms with Crippen LogP contribution in [0.5, 0.6) is 11.5 Å². The number of esters is 2. The molecule has 2 aromatic rings. The predicted octanol–water partition coefficient (Wildman–Crippen LogP) is 7.26. The van der Waals surface area contributed by atoms with Gasteiger partial charge in [0, 0.05) is 12.8 Å². The summed E-state index contributed by atoms with van der Waals surface area (Å²) in [4.78, 5) is 25.5. The highest BCUT2D eigenvalue weighted by Gasteiger charge is 2.36. The van der Waals surface area contributed by atoms with Crippen molar-refractivity contribution < 1.29 is 39.5 Å². The number of hydrogen-bond acceptors (Lipinski definition) is 8. The van der Waals surface area contributed by atoms with E-state index in [-0.39, 0.29) is 59.2 Å². The number of phenolic OH excluding ortho intramolecular Hbond substituents is 2. The Hall–Kier alpha value is -3.10. The molecule has 0 saturated heterocycles. The lowest BCUT2D eigenvalue weighted by Crippen LogP contribution is -2.42. The Bertz CT molecular complexity index is 1240. The van der Waals surface area contributed by atoms with Crippen molar-refractivity contribution in [1.29, 1.82) is 0 Å². The molecule has 0 saturated carbocycles. The number of carbonyl (C=O) groups excluding carboxylic acids is 2. The first kappa shape index (κ1) is 40.1. The lowest BCUT2D eigenvalue weighted by Gasteiger charge is -2.30. The van der Waals surface area contributed by atoms with Crippen LogP contribution in [0.4, 0.5) is 0 Å². The molecule has 47 heavy (non-hydrogen) atoms.